The Labute approximate surface area is 191 Å². The number of morpholine rings is 1. The molecular formula is C23H22FN3O5S. The molecule has 0 radical (unpaired) electrons. The summed E-state index contributed by atoms with van der Waals surface area (Å²) in [6.45, 7) is 1.57. The number of hydrogen-bond donors (Lipinski definition) is 1. The highest BCUT2D eigenvalue weighted by molar-refractivity contribution is 7.89. The first-order valence-electron chi connectivity index (χ1n) is 10.3. The molecule has 1 aromatic heterocycles. The van der Waals surface area contributed by atoms with Crippen molar-refractivity contribution < 1.29 is 27.1 Å². The van der Waals surface area contributed by atoms with Crippen molar-refractivity contribution in [2.45, 2.75) is 11.4 Å². The largest absolute Gasteiger partial charge is 0.439 e. The predicted molar refractivity (Wildman–Crippen MR) is 118 cm³/mol. The van der Waals surface area contributed by atoms with E-state index in [0.29, 0.717) is 43.5 Å². The van der Waals surface area contributed by atoms with E-state index in [1.807, 2.05) is 0 Å². The van der Waals surface area contributed by atoms with Crippen LogP contribution in [-0.4, -0.2) is 49.9 Å². The van der Waals surface area contributed by atoms with E-state index in [1.165, 1.54) is 52.8 Å². The van der Waals surface area contributed by atoms with Crippen LogP contribution in [0.4, 0.5) is 4.39 Å². The van der Waals surface area contributed by atoms with Gasteiger partial charge in [0.1, 0.15) is 11.6 Å². The molecule has 1 fully saturated rings. The fourth-order valence-electron chi connectivity index (χ4n) is 3.24. The molecule has 0 aliphatic carbocycles. The molecule has 4 rings (SSSR count). The number of ether oxygens (including phenoxy) is 2. The molecule has 1 aliphatic heterocycles. The average Bonchev–Trinajstić information content (AvgIpc) is 2.85. The number of nitrogens with one attached hydrogen (secondary N) is 1. The van der Waals surface area contributed by atoms with Gasteiger partial charge in [-0.1, -0.05) is 0 Å². The van der Waals surface area contributed by atoms with Crippen molar-refractivity contribution in [2.75, 3.05) is 26.3 Å². The predicted octanol–water partition coefficient (Wildman–Crippen LogP) is 2.96. The highest BCUT2D eigenvalue weighted by Crippen LogP contribution is 2.21. The van der Waals surface area contributed by atoms with Gasteiger partial charge in [0.2, 0.25) is 15.9 Å². The van der Waals surface area contributed by atoms with Crippen LogP contribution in [0.2, 0.25) is 0 Å². The number of rotatable bonds is 7. The van der Waals surface area contributed by atoms with Crippen molar-refractivity contribution >= 4 is 15.9 Å². The number of benzene rings is 2. The van der Waals surface area contributed by atoms with E-state index >= 15 is 0 Å². The lowest BCUT2D eigenvalue weighted by atomic mass is 10.2. The standard InChI is InChI=1S/C23H22FN3O5S/c24-19-3-5-20(6-4-19)32-22-15-17(9-10-25-22)16-26-23(28)18-1-7-21(8-2-18)33(29,30)27-11-13-31-14-12-27/h1-10,15H,11-14,16H2,(H,26,28). The van der Waals surface area contributed by atoms with Crippen molar-refractivity contribution in [1.29, 1.82) is 0 Å². The van der Waals surface area contributed by atoms with Crippen LogP contribution in [0.5, 0.6) is 11.6 Å². The third kappa shape index (κ3) is 5.72. The van der Waals surface area contributed by atoms with Gasteiger partial charge in [0.15, 0.2) is 0 Å². The highest BCUT2D eigenvalue weighted by Gasteiger charge is 2.26. The molecule has 2 heterocycles. The van der Waals surface area contributed by atoms with Gasteiger partial charge in [0.05, 0.1) is 18.1 Å². The van der Waals surface area contributed by atoms with Crippen molar-refractivity contribution in [3.05, 3.63) is 83.8 Å². The highest BCUT2D eigenvalue weighted by atomic mass is 32.2. The first-order valence-corrected chi connectivity index (χ1v) is 11.7. The molecule has 2 aromatic carbocycles. The molecule has 0 atom stereocenters. The SMILES string of the molecule is O=C(NCc1ccnc(Oc2ccc(F)cc2)c1)c1ccc(S(=O)(=O)N2CCOCC2)cc1. The van der Waals surface area contributed by atoms with Gasteiger partial charge in [-0.2, -0.15) is 4.31 Å². The maximum Gasteiger partial charge on any atom is 0.251 e. The second kappa shape index (κ2) is 10.1. The maximum atomic E-state index is 13.0. The molecule has 0 saturated carbocycles. The Balaban J connectivity index is 1.36. The summed E-state index contributed by atoms with van der Waals surface area (Å²) >= 11 is 0. The molecule has 10 heteroatoms. The Morgan fingerprint density at radius 2 is 1.76 bits per heavy atom. The summed E-state index contributed by atoms with van der Waals surface area (Å²) < 4.78 is 50.6. The quantitative estimate of drug-likeness (QED) is 0.569. The number of amides is 1. The van der Waals surface area contributed by atoms with E-state index < -0.39 is 10.0 Å². The Bertz CT molecular complexity index is 1210. The number of aromatic nitrogens is 1. The van der Waals surface area contributed by atoms with Crippen LogP contribution in [0.1, 0.15) is 15.9 Å². The van der Waals surface area contributed by atoms with Crippen LogP contribution in [0, 0.1) is 5.82 Å². The summed E-state index contributed by atoms with van der Waals surface area (Å²) in [4.78, 5) is 16.8. The summed E-state index contributed by atoms with van der Waals surface area (Å²) in [5.41, 5.74) is 1.09. The third-order valence-corrected chi connectivity index (χ3v) is 6.93. The third-order valence-electron chi connectivity index (χ3n) is 5.01. The summed E-state index contributed by atoms with van der Waals surface area (Å²) in [5.74, 6) is 0.0462. The minimum absolute atomic E-state index is 0.137. The Morgan fingerprint density at radius 3 is 2.45 bits per heavy atom. The van der Waals surface area contributed by atoms with Crippen LogP contribution >= 0.6 is 0 Å². The van der Waals surface area contributed by atoms with Crippen molar-refractivity contribution in [3.8, 4) is 11.6 Å². The Kier molecular flexibility index (Phi) is 6.97. The number of pyridine rings is 1. The lowest BCUT2D eigenvalue weighted by Gasteiger charge is -2.26. The van der Waals surface area contributed by atoms with E-state index in [9.17, 15) is 17.6 Å². The summed E-state index contributed by atoms with van der Waals surface area (Å²) in [7, 11) is -3.61. The first kappa shape index (κ1) is 22.8. The normalized spacial score (nSPS) is 14.6. The van der Waals surface area contributed by atoms with Gasteiger partial charge >= 0.3 is 0 Å². The van der Waals surface area contributed by atoms with Crippen LogP contribution in [0.25, 0.3) is 0 Å². The monoisotopic (exact) mass is 471 g/mol. The summed E-state index contributed by atoms with van der Waals surface area (Å²) in [5, 5.41) is 2.79. The van der Waals surface area contributed by atoms with E-state index in [-0.39, 0.29) is 23.2 Å². The van der Waals surface area contributed by atoms with Crippen LogP contribution < -0.4 is 10.1 Å². The fourth-order valence-corrected chi connectivity index (χ4v) is 4.65. The minimum atomic E-state index is -3.61. The fraction of sp³-hybridized carbons (Fsp3) is 0.217. The molecule has 8 nitrogen and oxygen atoms in total. The van der Waals surface area contributed by atoms with Crippen LogP contribution in [0.15, 0.2) is 71.8 Å². The molecule has 0 unspecified atom stereocenters. The van der Waals surface area contributed by atoms with Gasteiger partial charge in [0.25, 0.3) is 5.91 Å². The van der Waals surface area contributed by atoms with Crippen molar-refractivity contribution in [1.82, 2.24) is 14.6 Å². The van der Waals surface area contributed by atoms with E-state index in [2.05, 4.69) is 10.3 Å². The van der Waals surface area contributed by atoms with E-state index in [4.69, 9.17) is 9.47 Å². The zero-order chi connectivity index (χ0) is 23.3. The summed E-state index contributed by atoms with van der Waals surface area (Å²) in [6, 6.07) is 14.8. The number of carbonyl (C=O) groups is 1. The second-order valence-electron chi connectivity index (χ2n) is 7.28. The van der Waals surface area contributed by atoms with Gasteiger partial charge < -0.3 is 14.8 Å². The Morgan fingerprint density at radius 1 is 1.06 bits per heavy atom. The average molecular weight is 472 g/mol. The number of halogens is 1. The smallest absolute Gasteiger partial charge is 0.251 e. The van der Waals surface area contributed by atoms with Crippen molar-refractivity contribution in [2.24, 2.45) is 0 Å². The molecule has 0 bridgehead atoms. The molecule has 1 N–H and O–H groups in total. The molecule has 1 amide bonds. The van der Waals surface area contributed by atoms with Gasteiger partial charge in [-0.05, 0) is 60.2 Å². The number of nitrogens with zero attached hydrogens (tertiary/aromatic N) is 2. The van der Waals surface area contributed by atoms with Gasteiger partial charge in [-0.25, -0.2) is 17.8 Å². The molecule has 3 aromatic rings. The zero-order valence-electron chi connectivity index (χ0n) is 17.6. The number of carbonyl (C=O) groups excluding carboxylic acids is 1. The molecule has 1 aliphatic rings. The van der Waals surface area contributed by atoms with E-state index in [1.54, 1.807) is 18.3 Å². The molecule has 0 spiro atoms. The maximum absolute atomic E-state index is 13.0. The topological polar surface area (TPSA) is 97.8 Å². The lowest BCUT2D eigenvalue weighted by Crippen LogP contribution is -2.40. The van der Waals surface area contributed by atoms with Crippen LogP contribution in [0.3, 0.4) is 0 Å². The second-order valence-corrected chi connectivity index (χ2v) is 9.22. The van der Waals surface area contributed by atoms with Gasteiger partial charge in [-0.15, -0.1) is 0 Å². The van der Waals surface area contributed by atoms with Crippen LogP contribution in [-0.2, 0) is 21.3 Å². The van der Waals surface area contributed by atoms with Gasteiger partial charge in [-0.3, -0.25) is 4.79 Å². The number of sulfonamides is 1. The minimum Gasteiger partial charge on any atom is -0.439 e. The Hall–Kier alpha value is -3.34. The summed E-state index contributed by atoms with van der Waals surface area (Å²) in [6.07, 6.45) is 1.55. The lowest BCUT2D eigenvalue weighted by molar-refractivity contribution is 0.0730. The van der Waals surface area contributed by atoms with E-state index in [0.717, 1.165) is 5.56 Å². The molecule has 172 valence electrons. The molecular weight excluding hydrogens is 449 g/mol. The van der Waals surface area contributed by atoms with Crippen molar-refractivity contribution in [3.63, 3.8) is 0 Å². The number of hydrogen-bond acceptors (Lipinski definition) is 6. The molecule has 1 saturated heterocycles. The zero-order valence-corrected chi connectivity index (χ0v) is 18.4. The van der Waals surface area contributed by atoms with Gasteiger partial charge in [0, 0.05) is 37.5 Å². The first-order chi connectivity index (χ1) is 15.9. The molecule has 33 heavy (non-hydrogen) atoms.